The Bertz CT molecular complexity index is 1610. The molecule has 1 fully saturated rings. The summed E-state index contributed by atoms with van der Waals surface area (Å²) in [6.45, 7) is 8.96. The highest BCUT2D eigenvalue weighted by atomic mass is 19.4. The molecule has 226 valence electrons. The SMILES string of the molecule is CCN1CCN(Cc2ccc(CC(=O)N3CCc4ccc(Oc5ccnc6[nH]ccc56)cc4[C@@H]3C)cc2C(F)(F)F)CC1. The topological polar surface area (TPSA) is 64.7 Å². The van der Waals surface area contributed by atoms with Crippen LogP contribution in [0.2, 0.25) is 0 Å². The molecule has 0 saturated carbocycles. The van der Waals surface area contributed by atoms with Crippen LogP contribution in [0.3, 0.4) is 0 Å². The zero-order valence-corrected chi connectivity index (χ0v) is 24.5. The standard InChI is InChI=1S/C33H36F3N5O2/c1-3-39-14-16-40(17-15-39)21-25-5-4-23(18-29(25)33(34,35)36)19-31(42)41-13-10-24-6-7-26(20-28(24)22(41)2)43-30-9-12-38-32-27(30)8-11-37-32/h4-9,11-12,18,20,22H,3,10,13-17,19,21H2,1-2H3,(H,37,38)/t22-/m0/s1. The van der Waals surface area contributed by atoms with E-state index in [0.29, 0.717) is 30.0 Å². The normalized spacial score (nSPS) is 18.2. The summed E-state index contributed by atoms with van der Waals surface area (Å²) >= 11 is 0. The van der Waals surface area contributed by atoms with E-state index in [1.54, 1.807) is 23.2 Å². The van der Waals surface area contributed by atoms with Gasteiger partial charge in [-0.3, -0.25) is 9.69 Å². The highest BCUT2D eigenvalue weighted by molar-refractivity contribution is 5.82. The summed E-state index contributed by atoms with van der Waals surface area (Å²) in [5, 5.41) is 0.869. The molecule has 1 saturated heterocycles. The Morgan fingerprint density at radius 1 is 1.02 bits per heavy atom. The number of fused-ring (bicyclic) bond motifs is 2. The number of rotatable bonds is 7. The van der Waals surface area contributed by atoms with Crippen LogP contribution in [0.25, 0.3) is 11.0 Å². The lowest BCUT2D eigenvalue weighted by atomic mass is 9.92. The first-order valence-electron chi connectivity index (χ1n) is 14.9. The fraction of sp³-hybridized carbons (Fsp3) is 0.394. The third-order valence-corrected chi connectivity index (χ3v) is 8.77. The second-order valence-corrected chi connectivity index (χ2v) is 11.4. The van der Waals surface area contributed by atoms with Gasteiger partial charge in [0.1, 0.15) is 17.1 Å². The summed E-state index contributed by atoms with van der Waals surface area (Å²) < 4.78 is 48.6. The Morgan fingerprint density at radius 2 is 1.81 bits per heavy atom. The number of piperazine rings is 1. The number of hydrogen-bond acceptors (Lipinski definition) is 5. The lowest BCUT2D eigenvalue weighted by molar-refractivity contribution is -0.139. The maximum atomic E-state index is 14.1. The number of carbonyl (C=O) groups is 1. The van der Waals surface area contributed by atoms with Gasteiger partial charge in [0.2, 0.25) is 5.91 Å². The van der Waals surface area contributed by atoms with Gasteiger partial charge in [0.15, 0.2) is 0 Å². The number of alkyl halides is 3. The van der Waals surface area contributed by atoms with Gasteiger partial charge in [-0.05, 0) is 72.5 Å². The number of aromatic amines is 1. The van der Waals surface area contributed by atoms with Gasteiger partial charge in [-0.15, -0.1) is 0 Å². The van der Waals surface area contributed by atoms with Crippen LogP contribution in [0.4, 0.5) is 13.2 Å². The average molecular weight is 592 g/mol. The number of pyridine rings is 1. The molecule has 7 nitrogen and oxygen atoms in total. The van der Waals surface area contributed by atoms with Crippen LogP contribution >= 0.6 is 0 Å². The molecule has 0 aliphatic carbocycles. The molecule has 2 aliphatic heterocycles. The number of benzene rings is 2. The molecule has 0 unspecified atom stereocenters. The molecule has 2 aromatic heterocycles. The number of ether oxygens (including phenoxy) is 1. The van der Waals surface area contributed by atoms with Crippen molar-refractivity contribution in [2.45, 2.75) is 45.5 Å². The Morgan fingerprint density at radius 3 is 2.58 bits per heavy atom. The number of hydrogen-bond donors (Lipinski definition) is 1. The predicted molar refractivity (Wildman–Crippen MR) is 159 cm³/mol. The number of amides is 1. The molecule has 0 spiro atoms. The molecule has 4 aromatic rings. The largest absolute Gasteiger partial charge is 0.457 e. The first-order chi connectivity index (χ1) is 20.7. The van der Waals surface area contributed by atoms with Gasteiger partial charge in [-0.2, -0.15) is 13.2 Å². The van der Waals surface area contributed by atoms with Crippen molar-refractivity contribution in [3.63, 3.8) is 0 Å². The number of likely N-dealkylation sites (N-methyl/N-ethyl adjacent to an activating group) is 1. The van der Waals surface area contributed by atoms with Gasteiger partial charge in [-0.25, -0.2) is 4.98 Å². The predicted octanol–water partition coefficient (Wildman–Crippen LogP) is 6.20. The number of carbonyl (C=O) groups excluding carboxylic acids is 1. The summed E-state index contributed by atoms with van der Waals surface area (Å²) in [5.74, 6) is 1.13. The monoisotopic (exact) mass is 591 g/mol. The summed E-state index contributed by atoms with van der Waals surface area (Å²) in [5.41, 5.74) is 2.83. The fourth-order valence-corrected chi connectivity index (χ4v) is 6.26. The van der Waals surface area contributed by atoms with Crippen molar-refractivity contribution < 1.29 is 22.7 Å². The molecule has 0 radical (unpaired) electrons. The molecule has 0 bridgehead atoms. The van der Waals surface area contributed by atoms with Gasteiger partial charge < -0.3 is 19.5 Å². The minimum absolute atomic E-state index is 0.0864. The Balaban J connectivity index is 1.16. The van der Waals surface area contributed by atoms with E-state index in [4.69, 9.17) is 4.74 Å². The minimum Gasteiger partial charge on any atom is -0.457 e. The smallest absolute Gasteiger partial charge is 0.416 e. The van der Waals surface area contributed by atoms with Crippen LogP contribution in [0.15, 0.2) is 60.9 Å². The lowest BCUT2D eigenvalue weighted by Crippen LogP contribution is -2.45. The van der Waals surface area contributed by atoms with Crippen molar-refractivity contribution in [3.05, 3.63) is 88.7 Å². The maximum Gasteiger partial charge on any atom is 0.416 e. The minimum atomic E-state index is -4.49. The molecular formula is C33H36F3N5O2. The first-order valence-corrected chi connectivity index (χ1v) is 14.9. The van der Waals surface area contributed by atoms with Crippen LogP contribution in [0.5, 0.6) is 11.5 Å². The van der Waals surface area contributed by atoms with E-state index < -0.39 is 11.7 Å². The van der Waals surface area contributed by atoms with E-state index in [1.807, 2.05) is 43.5 Å². The van der Waals surface area contributed by atoms with E-state index in [-0.39, 0.29) is 30.5 Å². The summed E-state index contributed by atoms with van der Waals surface area (Å²) in [6, 6.07) is 13.8. The molecule has 2 aliphatic rings. The van der Waals surface area contributed by atoms with Gasteiger partial charge >= 0.3 is 6.18 Å². The van der Waals surface area contributed by atoms with Crippen molar-refractivity contribution in [1.29, 1.82) is 0 Å². The molecule has 43 heavy (non-hydrogen) atoms. The quantitative estimate of drug-likeness (QED) is 0.277. The van der Waals surface area contributed by atoms with E-state index in [2.05, 4.69) is 26.7 Å². The Hall–Kier alpha value is -3.89. The number of nitrogens with zero attached hydrogens (tertiary/aromatic N) is 4. The van der Waals surface area contributed by atoms with Crippen LogP contribution < -0.4 is 4.74 Å². The fourth-order valence-electron chi connectivity index (χ4n) is 6.26. The number of halogens is 3. The number of H-pyrrole nitrogens is 1. The molecule has 1 amide bonds. The zero-order valence-electron chi connectivity index (χ0n) is 24.5. The molecule has 1 N–H and O–H groups in total. The Labute approximate surface area is 249 Å². The second-order valence-electron chi connectivity index (χ2n) is 11.4. The van der Waals surface area contributed by atoms with E-state index in [9.17, 15) is 18.0 Å². The molecular weight excluding hydrogens is 555 g/mol. The van der Waals surface area contributed by atoms with E-state index in [1.165, 1.54) is 6.07 Å². The average Bonchev–Trinajstić information content (AvgIpc) is 3.48. The van der Waals surface area contributed by atoms with Gasteiger partial charge in [-0.1, -0.05) is 25.1 Å². The second kappa shape index (κ2) is 12.0. The summed E-state index contributed by atoms with van der Waals surface area (Å²) in [4.78, 5) is 27.0. The molecule has 10 heteroatoms. The van der Waals surface area contributed by atoms with Crippen LogP contribution in [-0.2, 0) is 30.4 Å². The molecule has 4 heterocycles. The van der Waals surface area contributed by atoms with Crippen molar-refractivity contribution >= 4 is 16.9 Å². The van der Waals surface area contributed by atoms with Crippen LogP contribution in [0, 0.1) is 0 Å². The van der Waals surface area contributed by atoms with Gasteiger partial charge in [0, 0.05) is 51.7 Å². The van der Waals surface area contributed by atoms with Crippen molar-refractivity contribution in [1.82, 2.24) is 24.7 Å². The third kappa shape index (κ3) is 6.26. The van der Waals surface area contributed by atoms with Crippen molar-refractivity contribution in [3.8, 4) is 11.5 Å². The zero-order chi connectivity index (χ0) is 30.1. The third-order valence-electron chi connectivity index (χ3n) is 8.77. The van der Waals surface area contributed by atoms with Crippen LogP contribution in [-0.4, -0.2) is 69.8 Å². The molecule has 1 atom stereocenters. The first kappa shape index (κ1) is 29.2. The lowest BCUT2D eigenvalue weighted by Gasteiger charge is -2.36. The number of aromatic nitrogens is 2. The Kier molecular flexibility index (Phi) is 8.15. The maximum absolute atomic E-state index is 14.1. The molecule has 6 rings (SSSR count). The van der Waals surface area contributed by atoms with Crippen LogP contribution in [0.1, 0.15) is 47.7 Å². The van der Waals surface area contributed by atoms with Crippen molar-refractivity contribution in [2.24, 2.45) is 0 Å². The summed E-state index contributed by atoms with van der Waals surface area (Å²) in [6.07, 6.45) is -0.422. The van der Waals surface area contributed by atoms with Gasteiger partial charge in [0.05, 0.1) is 23.4 Å². The van der Waals surface area contributed by atoms with E-state index >= 15 is 0 Å². The number of nitrogens with one attached hydrogen (secondary N) is 1. The molecule has 2 aromatic carbocycles. The highest BCUT2D eigenvalue weighted by Gasteiger charge is 2.35. The van der Waals surface area contributed by atoms with Crippen molar-refractivity contribution in [2.75, 3.05) is 39.3 Å². The highest BCUT2D eigenvalue weighted by Crippen LogP contribution is 2.37. The summed E-state index contributed by atoms with van der Waals surface area (Å²) in [7, 11) is 0. The van der Waals surface area contributed by atoms with Gasteiger partial charge in [0.25, 0.3) is 0 Å². The van der Waals surface area contributed by atoms with E-state index in [0.717, 1.165) is 54.9 Å².